The highest BCUT2D eigenvalue weighted by Gasteiger charge is 2.60. The zero-order valence-corrected chi connectivity index (χ0v) is 23.0. The first-order chi connectivity index (χ1) is 18.4. The van der Waals surface area contributed by atoms with E-state index < -0.39 is 36.7 Å². The first-order valence-electron chi connectivity index (χ1n) is 14.3. The molecular formula is C29H42O10. The molecule has 1 saturated heterocycles. The molecule has 0 radical (unpaired) electrons. The van der Waals surface area contributed by atoms with Crippen molar-refractivity contribution >= 4 is 17.7 Å². The van der Waals surface area contributed by atoms with Crippen molar-refractivity contribution in [2.45, 2.75) is 109 Å². The second-order valence-electron chi connectivity index (χ2n) is 12.9. The fourth-order valence-corrected chi connectivity index (χ4v) is 8.95. The lowest BCUT2D eigenvalue weighted by Crippen LogP contribution is -2.60. The van der Waals surface area contributed by atoms with E-state index in [2.05, 4.69) is 19.9 Å². The standard InChI is InChI=1S/C29H42O10/c1-14(30)38-16-8-10-28(2)15(12-16)4-5-17-18-6-7-20(29(18,3)11-9-19(17)28)21(31)13-37-27-24(34)22(32)23(33)25(39-27)26(35)36/h4,16-20,22-25,27,32-34H,5-13H2,1-3H3,(H,35,36)/t16-,17-,18-,19-,20+,22-,23-,24+,25-,27?,28-,29-/m0/s1. The molecule has 10 heteroatoms. The molecule has 0 spiro atoms. The molecule has 39 heavy (non-hydrogen) atoms. The number of carbonyl (C=O) groups is 3. The molecular weight excluding hydrogens is 508 g/mol. The van der Waals surface area contributed by atoms with E-state index in [1.807, 2.05) is 0 Å². The Morgan fingerprint density at radius 2 is 1.74 bits per heavy atom. The largest absolute Gasteiger partial charge is 0.479 e. The highest BCUT2D eigenvalue weighted by molar-refractivity contribution is 5.83. The van der Waals surface area contributed by atoms with Gasteiger partial charge in [-0.15, -0.1) is 0 Å². The fourth-order valence-electron chi connectivity index (χ4n) is 8.95. The van der Waals surface area contributed by atoms with Gasteiger partial charge in [0.25, 0.3) is 0 Å². The van der Waals surface area contributed by atoms with E-state index in [0.717, 1.165) is 51.4 Å². The number of aliphatic hydroxyl groups is 3. The van der Waals surface area contributed by atoms with Crippen LogP contribution >= 0.6 is 0 Å². The summed E-state index contributed by atoms with van der Waals surface area (Å²) in [4.78, 5) is 36.3. The molecule has 0 aromatic carbocycles. The van der Waals surface area contributed by atoms with Crippen molar-refractivity contribution in [2.24, 2.45) is 34.5 Å². The average molecular weight is 551 g/mol. The number of ether oxygens (including phenoxy) is 3. The number of carboxylic acid groups (broad SMARTS) is 1. The van der Waals surface area contributed by atoms with Gasteiger partial charge in [0.2, 0.25) is 0 Å². The molecule has 5 rings (SSSR count). The Balaban J connectivity index is 1.25. The molecule has 0 bridgehead atoms. The van der Waals surface area contributed by atoms with Gasteiger partial charge in [0.05, 0.1) is 0 Å². The highest BCUT2D eigenvalue weighted by atomic mass is 16.7. The minimum absolute atomic E-state index is 0.0393. The molecule has 1 heterocycles. The van der Waals surface area contributed by atoms with Crippen LogP contribution in [0, 0.1) is 34.5 Å². The average Bonchev–Trinajstić information content (AvgIpc) is 3.23. The zero-order valence-electron chi connectivity index (χ0n) is 23.0. The summed E-state index contributed by atoms with van der Waals surface area (Å²) in [5.74, 6) is -0.624. The Morgan fingerprint density at radius 3 is 2.44 bits per heavy atom. The Morgan fingerprint density at radius 1 is 1.00 bits per heavy atom. The maximum Gasteiger partial charge on any atom is 0.335 e. The molecule has 10 nitrogen and oxygen atoms in total. The number of esters is 1. The van der Waals surface area contributed by atoms with Crippen LogP contribution in [0.1, 0.15) is 72.1 Å². The molecule has 0 amide bonds. The van der Waals surface area contributed by atoms with Gasteiger partial charge in [-0.25, -0.2) is 4.79 Å². The predicted octanol–water partition coefficient (Wildman–Crippen LogP) is 1.97. The molecule has 4 fully saturated rings. The van der Waals surface area contributed by atoms with Gasteiger partial charge in [-0.3, -0.25) is 9.59 Å². The van der Waals surface area contributed by atoms with Crippen LogP contribution in [0.25, 0.3) is 0 Å². The molecule has 218 valence electrons. The van der Waals surface area contributed by atoms with Crippen LogP contribution < -0.4 is 0 Å². The maximum atomic E-state index is 13.4. The van der Waals surface area contributed by atoms with Crippen molar-refractivity contribution in [3.8, 4) is 0 Å². The van der Waals surface area contributed by atoms with Gasteiger partial charge in [0.15, 0.2) is 18.2 Å². The molecule has 5 aliphatic rings. The summed E-state index contributed by atoms with van der Waals surface area (Å²) >= 11 is 0. The lowest BCUT2D eigenvalue weighted by atomic mass is 9.47. The van der Waals surface area contributed by atoms with Crippen molar-refractivity contribution in [3.05, 3.63) is 11.6 Å². The number of hydrogen-bond donors (Lipinski definition) is 4. The smallest absolute Gasteiger partial charge is 0.335 e. The summed E-state index contributed by atoms with van der Waals surface area (Å²) in [6, 6.07) is 0. The van der Waals surface area contributed by atoms with E-state index in [1.54, 1.807) is 0 Å². The van der Waals surface area contributed by atoms with Crippen molar-refractivity contribution in [2.75, 3.05) is 6.61 Å². The summed E-state index contributed by atoms with van der Waals surface area (Å²) in [5.41, 5.74) is 1.33. The van der Waals surface area contributed by atoms with Gasteiger partial charge >= 0.3 is 11.9 Å². The molecule has 4 N–H and O–H groups in total. The number of allylic oxidation sites excluding steroid dienone is 1. The van der Waals surface area contributed by atoms with Crippen LogP contribution in [0.5, 0.6) is 0 Å². The van der Waals surface area contributed by atoms with Crippen LogP contribution in [-0.2, 0) is 28.6 Å². The van der Waals surface area contributed by atoms with E-state index in [1.165, 1.54) is 12.5 Å². The summed E-state index contributed by atoms with van der Waals surface area (Å²) in [5, 5.41) is 39.4. The topological polar surface area (TPSA) is 160 Å². The van der Waals surface area contributed by atoms with Gasteiger partial charge in [-0.1, -0.05) is 25.5 Å². The predicted molar refractivity (Wildman–Crippen MR) is 136 cm³/mol. The normalized spacial score (nSPS) is 47.3. The highest BCUT2D eigenvalue weighted by Crippen LogP contribution is 2.66. The second kappa shape index (κ2) is 10.5. The molecule has 0 aromatic rings. The number of hydrogen-bond acceptors (Lipinski definition) is 9. The molecule has 12 atom stereocenters. The fraction of sp³-hybridized carbons (Fsp3) is 0.828. The number of ketones is 1. The Kier molecular flexibility index (Phi) is 7.74. The van der Waals surface area contributed by atoms with Crippen LogP contribution in [0.15, 0.2) is 11.6 Å². The third-order valence-electron chi connectivity index (χ3n) is 11.0. The van der Waals surface area contributed by atoms with Gasteiger partial charge in [0, 0.05) is 19.3 Å². The maximum absolute atomic E-state index is 13.4. The monoisotopic (exact) mass is 550 g/mol. The first-order valence-corrected chi connectivity index (χ1v) is 14.3. The van der Waals surface area contributed by atoms with Gasteiger partial charge in [-0.05, 0) is 73.5 Å². The van der Waals surface area contributed by atoms with Crippen molar-refractivity contribution in [1.82, 2.24) is 0 Å². The zero-order chi connectivity index (χ0) is 28.3. The number of rotatable bonds is 6. The lowest BCUT2D eigenvalue weighted by molar-refractivity contribution is -0.292. The molecule has 3 saturated carbocycles. The summed E-state index contributed by atoms with van der Waals surface area (Å²) in [7, 11) is 0. The van der Waals surface area contributed by atoms with E-state index >= 15 is 0 Å². The summed E-state index contributed by atoms with van der Waals surface area (Å²) in [6.45, 7) is 5.69. The van der Waals surface area contributed by atoms with E-state index in [4.69, 9.17) is 14.2 Å². The van der Waals surface area contributed by atoms with Crippen LogP contribution in [0.2, 0.25) is 0 Å². The third-order valence-corrected chi connectivity index (χ3v) is 11.0. The molecule has 1 aliphatic heterocycles. The van der Waals surface area contributed by atoms with Crippen molar-refractivity contribution < 1.29 is 49.0 Å². The molecule has 4 aliphatic carbocycles. The minimum Gasteiger partial charge on any atom is -0.479 e. The van der Waals surface area contributed by atoms with Crippen LogP contribution in [-0.4, -0.2) is 81.6 Å². The van der Waals surface area contributed by atoms with E-state index in [9.17, 15) is 34.8 Å². The SMILES string of the molecule is CC(=O)O[C@H]1CC[C@@]2(C)C(=CC[C@H]3[C@@H]4CC[C@H](C(=O)COC5O[C@H](C(=O)O)[C@@H](O)[C@H](O)[C@H]5O)[C@@]4(C)CC[C@@H]32)C1. The number of carboxylic acids is 1. The summed E-state index contributed by atoms with van der Waals surface area (Å²) < 4.78 is 16.2. The minimum atomic E-state index is -1.80. The number of aliphatic carboxylic acids is 1. The Bertz CT molecular complexity index is 1030. The lowest BCUT2D eigenvalue weighted by Gasteiger charge is -2.58. The van der Waals surface area contributed by atoms with Gasteiger partial charge in [0.1, 0.15) is 31.0 Å². The number of aliphatic hydroxyl groups excluding tert-OH is 3. The number of carbonyl (C=O) groups excluding carboxylic acids is 2. The van der Waals surface area contributed by atoms with Crippen LogP contribution in [0.3, 0.4) is 0 Å². The number of Topliss-reactive ketones (excluding diaryl/α,β-unsaturated/α-hetero) is 1. The number of fused-ring (bicyclic) bond motifs is 5. The molecule has 1 unspecified atom stereocenters. The van der Waals surface area contributed by atoms with Gasteiger partial charge < -0.3 is 34.6 Å². The van der Waals surface area contributed by atoms with Crippen molar-refractivity contribution in [3.63, 3.8) is 0 Å². The summed E-state index contributed by atoms with van der Waals surface area (Å²) in [6.07, 6.45) is 1.12. The third kappa shape index (κ3) is 4.86. The van der Waals surface area contributed by atoms with Crippen LogP contribution in [0.4, 0.5) is 0 Å². The first kappa shape index (κ1) is 28.7. The quantitative estimate of drug-likeness (QED) is 0.284. The Hall–Kier alpha value is -1.85. The Labute approximate surface area is 228 Å². The van der Waals surface area contributed by atoms with Gasteiger partial charge in [-0.2, -0.15) is 0 Å². The molecule has 0 aromatic heterocycles. The van der Waals surface area contributed by atoms with E-state index in [0.29, 0.717) is 17.8 Å². The second-order valence-corrected chi connectivity index (χ2v) is 12.9. The van der Waals surface area contributed by atoms with E-state index in [-0.39, 0.29) is 41.2 Å². The van der Waals surface area contributed by atoms with Crippen molar-refractivity contribution in [1.29, 1.82) is 0 Å².